The van der Waals surface area contributed by atoms with Gasteiger partial charge in [-0.25, -0.2) is 4.52 Å². The van der Waals surface area contributed by atoms with Crippen molar-refractivity contribution in [1.82, 2.24) is 9.61 Å². The molecule has 62 valence electrons. The Hall–Kier alpha value is -1.35. The molecule has 0 radical (unpaired) electrons. The molecule has 2 heterocycles. The Morgan fingerprint density at radius 2 is 2.33 bits per heavy atom. The van der Waals surface area contributed by atoms with Crippen molar-refractivity contribution in [1.29, 1.82) is 0 Å². The summed E-state index contributed by atoms with van der Waals surface area (Å²) in [4.78, 5) is 0. The highest BCUT2D eigenvalue weighted by Crippen LogP contribution is 2.08. The van der Waals surface area contributed by atoms with Crippen LogP contribution in [-0.2, 0) is 6.54 Å². The van der Waals surface area contributed by atoms with Gasteiger partial charge in [-0.1, -0.05) is 6.07 Å². The molecule has 2 aromatic rings. The number of nitrogens with two attached hydrogens (primary N) is 1. The number of nitrogens with zero attached hydrogens (tertiary/aromatic N) is 2. The van der Waals surface area contributed by atoms with Gasteiger partial charge >= 0.3 is 0 Å². The summed E-state index contributed by atoms with van der Waals surface area (Å²) in [5.74, 6) is 0. The quantitative estimate of drug-likeness (QED) is 0.680. The second-order valence-corrected chi connectivity index (χ2v) is 2.84. The predicted octanol–water partition coefficient (Wildman–Crippen LogP) is 1.10. The molecule has 3 nitrogen and oxygen atoms in total. The number of rotatable bonds is 1. The first-order chi connectivity index (χ1) is 5.81. The Kier molecular flexibility index (Phi) is 1.59. The van der Waals surface area contributed by atoms with E-state index >= 15 is 0 Å². The van der Waals surface area contributed by atoms with E-state index in [2.05, 4.69) is 5.10 Å². The van der Waals surface area contributed by atoms with Crippen molar-refractivity contribution in [3.05, 3.63) is 35.7 Å². The zero-order chi connectivity index (χ0) is 8.55. The van der Waals surface area contributed by atoms with E-state index in [0.717, 1.165) is 16.9 Å². The topological polar surface area (TPSA) is 43.3 Å². The lowest BCUT2D eigenvalue weighted by Gasteiger charge is -1.99. The Labute approximate surface area is 70.8 Å². The minimum Gasteiger partial charge on any atom is -0.325 e. The highest BCUT2D eigenvalue weighted by Gasteiger charge is 1.99. The van der Waals surface area contributed by atoms with Gasteiger partial charge in [0.1, 0.15) is 0 Å². The summed E-state index contributed by atoms with van der Waals surface area (Å²) in [6.07, 6.45) is 0. The molecule has 0 fully saturated rings. The summed E-state index contributed by atoms with van der Waals surface area (Å²) in [5, 5.41) is 4.32. The molecule has 12 heavy (non-hydrogen) atoms. The summed E-state index contributed by atoms with van der Waals surface area (Å²) in [6, 6.07) is 8.05. The third kappa shape index (κ3) is 0.987. The van der Waals surface area contributed by atoms with Crippen molar-refractivity contribution in [3.8, 4) is 0 Å². The van der Waals surface area contributed by atoms with E-state index in [9.17, 15) is 0 Å². The molecule has 0 amide bonds. The number of pyridine rings is 1. The Morgan fingerprint density at radius 1 is 1.50 bits per heavy atom. The minimum absolute atomic E-state index is 0.526. The van der Waals surface area contributed by atoms with Crippen LogP contribution in [0.2, 0.25) is 0 Å². The fourth-order valence-corrected chi connectivity index (χ4v) is 1.35. The van der Waals surface area contributed by atoms with Crippen LogP contribution in [0.5, 0.6) is 0 Å². The molecule has 2 rings (SSSR count). The van der Waals surface area contributed by atoms with Crippen LogP contribution in [0.4, 0.5) is 0 Å². The maximum atomic E-state index is 5.56. The van der Waals surface area contributed by atoms with E-state index in [0.29, 0.717) is 6.54 Å². The minimum atomic E-state index is 0.526. The van der Waals surface area contributed by atoms with Crippen molar-refractivity contribution in [2.24, 2.45) is 5.73 Å². The predicted molar refractivity (Wildman–Crippen MR) is 47.8 cm³/mol. The first-order valence-corrected chi connectivity index (χ1v) is 3.95. The lowest BCUT2D eigenvalue weighted by molar-refractivity contribution is 0.838. The molecule has 0 aliphatic rings. The van der Waals surface area contributed by atoms with Gasteiger partial charge in [0.05, 0.1) is 16.9 Å². The van der Waals surface area contributed by atoms with Crippen LogP contribution in [-0.4, -0.2) is 9.61 Å². The maximum absolute atomic E-state index is 5.56. The third-order valence-corrected chi connectivity index (χ3v) is 1.90. The summed E-state index contributed by atoms with van der Waals surface area (Å²) in [7, 11) is 0. The van der Waals surface area contributed by atoms with E-state index < -0.39 is 0 Å². The second-order valence-electron chi connectivity index (χ2n) is 2.84. The van der Waals surface area contributed by atoms with Crippen molar-refractivity contribution in [3.63, 3.8) is 0 Å². The fourth-order valence-electron chi connectivity index (χ4n) is 1.35. The van der Waals surface area contributed by atoms with Gasteiger partial charge in [0, 0.05) is 6.54 Å². The zero-order valence-electron chi connectivity index (χ0n) is 6.99. The Morgan fingerprint density at radius 3 is 3.08 bits per heavy atom. The van der Waals surface area contributed by atoms with Crippen LogP contribution >= 0.6 is 0 Å². The van der Waals surface area contributed by atoms with Gasteiger partial charge in [-0.3, -0.25) is 0 Å². The van der Waals surface area contributed by atoms with E-state index in [-0.39, 0.29) is 0 Å². The SMILES string of the molecule is Cc1cc2cccc(CN)n2n1. The normalized spacial score (nSPS) is 10.8. The highest BCUT2D eigenvalue weighted by molar-refractivity contribution is 5.48. The molecule has 0 unspecified atom stereocenters. The molecule has 0 atom stereocenters. The van der Waals surface area contributed by atoms with E-state index in [1.54, 1.807) is 0 Å². The zero-order valence-corrected chi connectivity index (χ0v) is 6.99. The largest absolute Gasteiger partial charge is 0.325 e. The number of aryl methyl sites for hydroxylation is 1. The monoisotopic (exact) mass is 161 g/mol. The lowest BCUT2D eigenvalue weighted by Crippen LogP contribution is -2.04. The van der Waals surface area contributed by atoms with Gasteiger partial charge in [0.25, 0.3) is 0 Å². The van der Waals surface area contributed by atoms with Crippen molar-refractivity contribution in [2.75, 3.05) is 0 Å². The molecular weight excluding hydrogens is 150 g/mol. The molecule has 0 aliphatic heterocycles. The molecule has 0 aromatic carbocycles. The first-order valence-electron chi connectivity index (χ1n) is 3.95. The Balaban J connectivity index is 2.78. The maximum Gasteiger partial charge on any atom is 0.0668 e. The van der Waals surface area contributed by atoms with E-state index in [4.69, 9.17) is 5.73 Å². The Bertz CT molecular complexity index is 403. The summed E-state index contributed by atoms with van der Waals surface area (Å²) < 4.78 is 1.88. The van der Waals surface area contributed by atoms with Gasteiger partial charge in [-0.2, -0.15) is 5.10 Å². The van der Waals surface area contributed by atoms with Crippen LogP contribution in [0.3, 0.4) is 0 Å². The molecule has 0 spiro atoms. The van der Waals surface area contributed by atoms with Crippen LogP contribution in [0, 0.1) is 6.92 Å². The molecule has 2 aromatic heterocycles. The molecule has 0 saturated heterocycles. The molecule has 0 aliphatic carbocycles. The lowest BCUT2D eigenvalue weighted by atomic mass is 10.3. The molecule has 0 saturated carbocycles. The van der Waals surface area contributed by atoms with Gasteiger partial charge in [0.2, 0.25) is 0 Å². The van der Waals surface area contributed by atoms with Gasteiger partial charge in [-0.05, 0) is 25.1 Å². The van der Waals surface area contributed by atoms with Crippen LogP contribution in [0.25, 0.3) is 5.52 Å². The smallest absolute Gasteiger partial charge is 0.0668 e. The van der Waals surface area contributed by atoms with E-state index in [1.807, 2.05) is 35.7 Å². The van der Waals surface area contributed by atoms with Crippen molar-refractivity contribution >= 4 is 5.52 Å². The second kappa shape index (κ2) is 2.60. The fraction of sp³-hybridized carbons (Fsp3) is 0.222. The summed E-state index contributed by atoms with van der Waals surface area (Å²) in [5.41, 5.74) is 8.74. The summed E-state index contributed by atoms with van der Waals surface area (Å²) in [6.45, 7) is 2.51. The highest BCUT2D eigenvalue weighted by atomic mass is 15.2. The summed E-state index contributed by atoms with van der Waals surface area (Å²) >= 11 is 0. The third-order valence-electron chi connectivity index (χ3n) is 1.90. The van der Waals surface area contributed by atoms with Gasteiger partial charge in [0.15, 0.2) is 0 Å². The number of hydrogen-bond acceptors (Lipinski definition) is 2. The van der Waals surface area contributed by atoms with Crippen LogP contribution < -0.4 is 5.73 Å². The van der Waals surface area contributed by atoms with Crippen LogP contribution in [0.1, 0.15) is 11.4 Å². The van der Waals surface area contributed by atoms with Gasteiger partial charge in [-0.15, -0.1) is 0 Å². The average molecular weight is 161 g/mol. The molecule has 2 N–H and O–H groups in total. The number of hydrogen-bond donors (Lipinski definition) is 1. The van der Waals surface area contributed by atoms with E-state index in [1.165, 1.54) is 0 Å². The average Bonchev–Trinajstić information content (AvgIpc) is 2.44. The first kappa shape index (κ1) is 7.31. The van der Waals surface area contributed by atoms with Crippen molar-refractivity contribution < 1.29 is 0 Å². The number of aromatic nitrogens is 2. The van der Waals surface area contributed by atoms with Crippen LogP contribution in [0.15, 0.2) is 24.3 Å². The molecule has 0 bridgehead atoms. The van der Waals surface area contributed by atoms with Gasteiger partial charge < -0.3 is 5.73 Å². The molecule has 3 heteroatoms. The number of fused-ring (bicyclic) bond motifs is 1. The molecular formula is C9H11N3. The van der Waals surface area contributed by atoms with Crippen molar-refractivity contribution in [2.45, 2.75) is 13.5 Å². The standard InChI is InChI=1S/C9H11N3/c1-7-5-8-3-2-4-9(6-10)12(8)11-7/h2-5H,6,10H2,1H3.